The molecule has 0 bridgehead atoms. The molecule has 10 aromatic carbocycles. The van der Waals surface area contributed by atoms with Crippen molar-refractivity contribution in [3.63, 3.8) is 0 Å². The summed E-state index contributed by atoms with van der Waals surface area (Å²) in [4.78, 5) is 5.12. The van der Waals surface area contributed by atoms with E-state index in [9.17, 15) is 0 Å². The minimum Gasteiger partial charge on any atom is -0.256 e. The van der Waals surface area contributed by atoms with Gasteiger partial charge in [0.2, 0.25) is 0 Å². The summed E-state index contributed by atoms with van der Waals surface area (Å²) in [5, 5.41) is 12.7. The van der Waals surface area contributed by atoms with Crippen LogP contribution in [0.5, 0.6) is 0 Å². The quantitative estimate of drug-likeness (QED) is 0.162. The normalized spacial score (nSPS) is 15.1. The molecule has 1 aromatic heterocycles. The van der Waals surface area contributed by atoms with Crippen molar-refractivity contribution < 1.29 is 0 Å². The fourth-order valence-electron chi connectivity index (χ4n) is 10.8. The van der Waals surface area contributed by atoms with Crippen LogP contribution in [0.1, 0.15) is 22.3 Å². The van der Waals surface area contributed by atoms with Crippen LogP contribution in [-0.4, -0.2) is 4.98 Å². The zero-order valence-electron chi connectivity index (χ0n) is 31.0. The van der Waals surface area contributed by atoms with Crippen molar-refractivity contribution in [1.82, 2.24) is 4.98 Å². The predicted molar refractivity (Wildman–Crippen MR) is 239 cm³/mol. The number of nitrogens with zero attached hydrogens (tertiary/aromatic N) is 1. The van der Waals surface area contributed by atoms with Gasteiger partial charge in [0.15, 0.2) is 0 Å². The first-order valence-corrected chi connectivity index (χ1v) is 19.9. The average molecular weight is 720 g/mol. The molecule has 0 fully saturated rings. The highest BCUT2D eigenvalue weighted by molar-refractivity contribution is 6.25. The zero-order chi connectivity index (χ0) is 37.2. The van der Waals surface area contributed by atoms with Crippen LogP contribution in [0.25, 0.3) is 98.5 Å². The van der Waals surface area contributed by atoms with Gasteiger partial charge in [0.25, 0.3) is 0 Å². The minimum absolute atomic E-state index is 0.522. The molecule has 2 aliphatic rings. The molecule has 0 N–H and O–H groups in total. The lowest BCUT2D eigenvalue weighted by Gasteiger charge is -2.39. The molecule has 57 heavy (non-hydrogen) atoms. The number of hydrogen-bond donors (Lipinski definition) is 0. The van der Waals surface area contributed by atoms with Gasteiger partial charge in [-0.3, -0.25) is 4.98 Å². The standard InChI is InChI=1S/C56H33N/c1-2-17-37-34(13-1)14-9-23-38(37)47-33-49-40-19-4-3-18-39(40)46(32-48(49)42-21-6-5-20-41(42)47)36-28-29-45-53(31-36)56(52-27-12-30-57-55(45)52)50-25-8-7-22-43(50)44-24-10-15-35-16-11-26-51(56)54(35)44/h1-33H. The summed E-state index contributed by atoms with van der Waals surface area (Å²) < 4.78 is 0. The highest BCUT2D eigenvalue weighted by Gasteiger charge is 2.50. The number of benzene rings is 10. The van der Waals surface area contributed by atoms with E-state index in [2.05, 4.69) is 194 Å². The van der Waals surface area contributed by atoms with E-state index in [4.69, 9.17) is 4.98 Å². The lowest BCUT2D eigenvalue weighted by Crippen LogP contribution is -2.31. The van der Waals surface area contributed by atoms with Gasteiger partial charge in [0, 0.05) is 11.8 Å². The van der Waals surface area contributed by atoms with Crippen LogP contribution in [0.15, 0.2) is 200 Å². The molecule has 0 saturated heterocycles. The first-order chi connectivity index (χ1) is 28.3. The summed E-state index contributed by atoms with van der Waals surface area (Å²) >= 11 is 0. The van der Waals surface area contributed by atoms with Crippen LogP contribution in [0, 0.1) is 0 Å². The second kappa shape index (κ2) is 11.4. The van der Waals surface area contributed by atoms with E-state index >= 15 is 0 Å². The minimum atomic E-state index is -0.522. The predicted octanol–water partition coefficient (Wildman–Crippen LogP) is 14.5. The summed E-state index contributed by atoms with van der Waals surface area (Å²) in [7, 11) is 0. The van der Waals surface area contributed by atoms with Crippen LogP contribution in [0.4, 0.5) is 0 Å². The summed E-state index contributed by atoms with van der Waals surface area (Å²) in [5.41, 5.74) is 14.5. The van der Waals surface area contributed by atoms with Gasteiger partial charge in [-0.05, 0) is 134 Å². The lowest BCUT2D eigenvalue weighted by atomic mass is 9.61. The van der Waals surface area contributed by atoms with E-state index in [-0.39, 0.29) is 0 Å². The van der Waals surface area contributed by atoms with Gasteiger partial charge >= 0.3 is 0 Å². The molecule has 1 spiro atoms. The second-order valence-electron chi connectivity index (χ2n) is 15.7. The highest BCUT2D eigenvalue weighted by Crippen LogP contribution is 2.62. The van der Waals surface area contributed by atoms with E-state index in [1.165, 1.54) is 115 Å². The van der Waals surface area contributed by atoms with Gasteiger partial charge in [-0.2, -0.15) is 0 Å². The molecular weight excluding hydrogens is 687 g/mol. The van der Waals surface area contributed by atoms with Gasteiger partial charge in [-0.15, -0.1) is 0 Å². The Hall–Kier alpha value is -7.35. The fourth-order valence-corrected chi connectivity index (χ4v) is 10.8. The van der Waals surface area contributed by atoms with Crippen molar-refractivity contribution in [3.8, 4) is 44.6 Å². The molecule has 0 saturated carbocycles. The molecule has 11 aromatic rings. The van der Waals surface area contributed by atoms with Crippen LogP contribution < -0.4 is 0 Å². The van der Waals surface area contributed by atoms with Crippen molar-refractivity contribution >= 4 is 53.9 Å². The Morgan fingerprint density at radius 1 is 0.298 bits per heavy atom. The van der Waals surface area contributed by atoms with Crippen molar-refractivity contribution in [3.05, 3.63) is 223 Å². The number of rotatable bonds is 2. The number of pyridine rings is 1. The molecule has 0 amide bonds. The third-order valence-electron chi connectivity index (χ3n) is 13.1. The molecule has 1 nitrogen and oxygen atoms in total. The molecule has 1 heterocycles. The maximum Gasteiger partial charge on any atom is 0.0753 e. The van der Waals surface area contributed by atoms with Gasteiger partial charge in [-0.1, -0.05) is 170 Å². The van der Waals surface area contributed by atoms with Gasteiger partial charge < -0.3 is 0 Å². The van der Waals surface area contributed by atoms with Gasteiger partial charge in [0.05, 0.1) is 11.1 Å². The van der Waals surface area contributed by atoms with Crippen LogP contribution in [-0.2, 0) is 5.41 Å². The molecule has 1 atom stereocenters. The summed E-state index contributed by atoms with van der Waals surface area (Å²) in [6.45, 7) is 0. The number of aromatic nitrogens is 1. The summed E-state index contributed by atoms with van der Waals surface area (Å²) in [6, 6.07) is 72.6. The molecule has 0 radical (unpaired) electrons. The molecule has 13 rings (SSSR count). The zero-order valence-corrected chi connectivity index (χ0v) is 31.0. The first kappa shape index (κ1) is 30.9. The third-order valence-corrected chi connectivity index (χ3v) is 13.1. The Morgan fingerprint density at radius 2 is 0.877 bits per heavy atom. The Labute approximate surface area is 330 Å². The maximum atomic E-state index is 5.12. The molecular formula is C56H33N. The maximum absolute atomic E-state index is 5.12. The SMILES string of the molecule is c1ccc2c(c1)-c1cccc3cccc(c13)C21c2cc(-c3cc4c5ccccc5c(-c5cccc6ccccc56)cc4c4ccccc34)ccc2-c2ncccc21. The van der Waals surface area contributed by atoms with Crippen molar-refractivity contribution in [2.45, 2.75) is 5.41 Å². The van der Waals surface area contributed by atoms with Crippen molar-refractivity contribution in [1.29, 1.82) is 0 Å². The number of hydrogen-bond acceptors (Lipinski definition) is 1. The first-order valence-electron chi connectivity index (χ1n) is 19.9. The second-order valence-corrected chi connectivity index (χ2v) is 15.7. The van der Waals surface area contributed by atoms with Crippen LogP contribution in [0.3, 0.4) is 0 Å². The Kier molecular flexibility index (Phi) is 6.16. The monoisotopic (exact) mass is 719 g/mol. The van der Waals surface area contributed by atoms with Crippen LogP contribution in [0.2, 0.25) is 0 Å². The average Bonchev–Trinajstić information content (AvgIpc) is 3.57. The van der Waals surface area contributed by atoms with E-state index in [1.807, 2.05) is 6.20 Å². The highest BCUT2D eigenvalue weighted by atomic mass is 14.7. The van der Waals surface area contributed by atoms with E-state index in [0.717, 1.165) is 5.69 Å². The van der Waals surface area contributed by atoms with Crippen molar-refractivity contribution in [2.24, 2.45) is 0 Å². The topological polar surface area (TPSA) is 12.9 Å². The largest absolute Gasteiger partial charge is 0.256 e. The Balaban J connectivity index is 1.12. The smallest absolute Gasteiger partial charge is 0.0753 e. The van der Waals surface area contributed by atoms with E-state index < -0.39 is 5.41 Å². The van der Waals surface area contributed by atoms with E-state index in [1.54, 1.807) is 0 Å². The Bertz CT molecular complexity index is 3530. The van der Waals surface area contributed by atoms with Gasteiger partial charge in [0.1, 0.15) is 0 Å². The molecule has 262 valence electrons. The molecule has 1 unspecified atom stereocenters. The fraction of sp³-hybridized carbons (Fsp3) is 0.0179. The van der Waals surface area contributed by atoms with E-state index in [0.29, 0.717) is 0 Å². The summed E-state index contributed by atoms with van der Waals surface area (Å²) in [5.74, 6) is 0. The van der Waals surface area contributed by atoms with Gasteiger partial charge in [-0.25, -0.2) is 0 Å². The van der Waals surface area contributed by atoms with Crippen molar-refractivity contribution in [2.75, 3.05) is 0 Å². The molecule has 2 aliphatic carbocycles. The third kappa shape index (κ3) is 4.00. The number of fused-ring (bicyclic) bond motifs is 15. The Morgan fingerprint density at radius 3 is 1.70 bits per heavy atom. The lowest BCUT2D eigenvalue weighted by molar-refractivity contribution is 0.771. The molecule has 1 heteroatoms. The summed E-state index contributed by atoms with van der Waals surface area (Å²) in [6.07, 6.45) is 1.95. The molecule has 0 aliphatic heterocycles. The van der Waals surface area contributed by atoms with Crippen LogP contribution >= 0.6 is 0 Å².